The number of amidine groups is 1. The Labute approximate surface area is 271 Å². The van der Waals surface area contributed by atoms with E-state index >= 15 is 0 Å². The maximum absolute atomic E-state index is 4.93. The summed E-state index contributed by atoms with van der Waals surface area (Å²) in [5.74, 6) is 0.813. The smallest absolute Gasteiger partial charge is 0.221 e. The molecule has 6 aromatic rings. The van der Waals surface area contributed by atoms with Gasteiger partial charge in [0.05, 0.1) is 11.1 Å². The molecule has 6 aromatic carbocycles. The summed E-state index contributed by atoms with van der Waals surface area (Å²) < 4.78 is 0. The second kappa shape index (κ2) is 11.9. The molecule has 3 nitrogen and oxygen atoms in total. The van der Waals surface area contributed by atoms with Gasteiger partial charge < -0.3 is 10.5 Å². The summed E-state index contributed by atoms with van der Waals surface area (Å²) in [5.41, 5.74) is 12.5. The molecule has 2 radical (unpaired) electrons. The number of aliphatic imine (C=N–C) groups is 1. The number of nitrogens with one attached hydrogen (secondary N) is 2. The van der Waals surface area contributed by atoms with Gasteiger partial charge in [-0.25, -0.2) is 4.99 Å². The highest BCUT2D eigenvalue weighted by molar-refractivity contribution is 6.22. The van der Waals surface area contributed by atoms with Crippen molar-refractivity contribution < 1.29 is 0 Å². The predicted octanol–water partition coefficient (Wildman–Crippen LogP) is 9.35. The van der Waals surface area contributed by atoms with Gasteiger partial charge in [0.2, 0.25) is 7.98 Å². The Balaban J connectivity index is 0.000000801. The molecular formula is C42H32BN3. The van der Waals surface area contributed by atoms with Crippen LogP contribution in [0, 0.1) is 0 Å². The average Bonchev–Trinajstić information content (AvgIpc) is 3.63. The van der Waals surface area contributed by atoms with Crippen molar-refractivity contribution in [2.24, 2.45) is 4.99 Å². The zero-order chi connectivity index (χ0) is 31.7. The van der Waals surface area contributed by atoms with E-state index in [9.17, 15) is 0 Å². The first-order chi connectivity index (χ1) is 22.6. The number of allylic oxidation sites excluding steroid dienone is 1. The highest BCUT2D eigenvalue weighted by atomic mass is 15.0. The van der Waals surface area contributed by atoms with Gasteiger partial charge in [0, 0.05) is 16.6 Å². The number of hydrogen-bond acceptors (Lipinski definition) is 3. The topological polar surface area (TPSA) is 36.4 Å². The van der Waals surface area contributed by atoms with E-state index in [1.807, 2.05) is 0 Å². The molecule has 218 valence electrons. The number of fused-ring (bicyclic) bond motifs is 3. The molecule has 46 heavy (non-hydrogen) atoms. The molecule has 0 spiro atoms. The van der Waals surface area contributed by atoms with Gasteiger partial charge in [0.15, 0.2) is 0 Å². The Morgan fingerprint density at radius 2 is 1.22 bits per heavy atom. The summed E-state index contributed by atoms with van der Waals surface area (Å²) in [6.45, 7) is 11.1. The molecule has 0 unspecified atom stereocenters. The fourth-order valence-electron chi connectivity index (χ4n) is 7.11. The van der Waals surface area contributed by atoms with Crippen LogP contribution in [0.4, 0.5) is 5.69 Å². The maximum Gasteiger partial charge on any atom is 0.221 e. The van der Waals surface area contributed by atoms with Crippen LogP contribution in [-0.2, 0) is 5.41 Å². The Morgan fingerprint density at radius 1 is 0.630 bits per heavy atom. The van der Waals surface area contributed by atoms with Crippen LogP contribution >= 0.6 is 0 Å². The molecule has 0 saturated heterocycles. The third-order valence-electron chi connectivity index (χ3n) is 8.92. The minimum atomic E-state index is -0.426. The van der Waals surface area contributed by atoms with Crippen molar-refractivity contribution in [2.75, 3.05) is 0 Å². The van der Waals surface area contributed by atoms with Gasteiger partial charge in [0.1, 0.15) is 5.84 Å². The SMILES string of the molecule is C=CC(=C)NC1=Nc2ccc(-c3cccc4c3-c3ccccc3C4(c3ccccc3)c3ccccc3)c3cccc1c23.[B]NC=C. The first-order valence-corrected chi connectivity index (χ1v) is 15.3. The number of benzene rings is 6. The Bertz CT molecular complexity index is 2120. The summed E-state index contributed by atoms with van der Waals surface area (Å²) in [6.07, 6.45) is 3.12. The first-order valence-electron chi connectivity index (χ1n) is 15.3. The van der Waals surface area contributed by atoms with Crippen molar-refractivity contribution in [1.29, 1.82) is 0 Å². The summed E-state index contributed by atoms with van der Waals surface area (Å²) in [5, 5.41) is 7.88. The molecule has 0 bridgehead atoms. The van der Waals surface area contributed by atoms with Crippen LogP contribution in [0.5, 0.6) is 0 Å². The predicted molar refractivity (Wildman–Crippen MR) is 194 cm³/mol. The molecule has 2 aliphatic rings. The molecule has 0 saturated carbocycles. The zero-order valence-corrected chi connectivity index (χ0v) is 25.5. The molecule has 1 heterocycles. The monoisotopic (exact) mass is 589 g/mol. The molecule has 2 N–H and O–H groups in total. The largest absolute Gasteiger partial charge is 0.443 e. The van der Waals surface area contributed by atoms with Crippen LogP contribution in [0.15, 0.2) is 176 Å². The number of rotatable bonds is 6. The molecule has 8 rings (SSSR count). The Morgan fingerprint density at radius 3 is 1.89 bits per heavy atom. The maximum atomic E-state index is 4.93. The lowest BCUT2D eigenvalue weighted by atomic mass is 9.67. The molecule has 4 heteroatoms. The van der Waals surface area contributed by atoms with Gasteiger partial charge in [-0.3, -0.25) is 0 Å². The van der Waals surface area contributed by atoms with Gasteiger partial charge in [-0.05, 0) is 68.2 Å². The summed E-state index contributed by atoms with van der Waals surface area (Å²) >= 11 is 0. The van der Waals surface area contributed by atoms with Gasteiger partial charge in [-0.15, -0.1) is 0 Å². The summed E-state index contributed by atoms with van der Waals surface area (Å²) in [7, 11) is 4.66. The quantitative estimate of drug-likeness (QED) is 0.150. The molecule has 1 aliphatic heterocycles. The zero-order valence-electron chi connectivity index (χ0n) is 25.5. The third-order valence-corrected chi connectivity index (χ3v) is 8.92. The second-order valence-electron chi connectivity index (χ2n) is 11.3. The van der Waals surface area contributed by atoms with Crippen LogP contribution < -0.4 is 10.5 Å². The van der Waals surface area contributed by atoms with Crippen molar-refractivity contribution in [2.45, 2.75) is 5.41 Å². The van der Waals surface area contributed by atoms with Gasteiger partial charge >= 0.3 is 0 Å². The molecular weight excluding hydrogens is 557 g/mol. The van der Waals surface area contributed by atoms with E-state index < -0.39 is 5.41 Å². The second-order valence-corrected chi connectivity index (χ2v) is 11.3. The first kappa shape index (κ1) is 28.9. The fourth-order valence-corrected chi connectivity index (χ4v) is 7.11. The van der Waals surface area contributed by atoms with Crippen molar-refractivity contribution in [1.82, 2.24) is 10.5 Å². The lowest BCUT2D eigenvalue weighted by Crippen LogP contribution is -2.28. The Kier molecular flexibility index (Phi) is 7.48. The van der Waals surface area contributed by atoms with E-state index in [4.69, 9.17) is 4.99 Å². The van der Waals surface area contributed by atoms with Crippen LogP contribution in [0.3, 0.4) is 0 Å². The van der Waals surface area contributed by atoms with E-state index in [1.165, 1.54) is 56.1 Å². The molecule has 0 atom stereocenters. The van der Waals surface area contributed by atoms with Crippen molar-refractivity contribution in [3.8, 4) is 22.3 Å². The van der Waals surface area contributed by atoms with E-state index in [1.54, 1.807) is 6.08 Å². The van der Waals surface area contributed by atoms with Crippen LogP contribution in [0.1, 0.15) is 27.8 Å². The molecule has 0 amide bonds. The highest BCUT2D eigenvalue weighted by Gasteiger charge is 2.46. The average molecular weight is 590 g/mol. The minimum Gasteiger partial charge on any atom is -0.443 e. The normalized spacial score (nSPS) is 13.0. The van der Waals surface area contributed by atoms with Gasteiger partial charge in [-0.1, -0.05) is 147 Å². The van der Waals surface area contributed by atoms with Crippen LogP contribution in [0.25, 0.3) is 33.0 Å². The van der Waals surface area contributed by atoms with E-state index in [-0.39, 0.29) is 0 Å². The van der Waals surface area contributed by atoms with E-state index in [0.29, 0.717) is 0 Å². The molecule has 0 aromatic heterocycles. The standard InChI is InChI=1S/C40H28N2.C2H4BN/c1-3-26(2)41-39-33-21-12-19-31-29(24-25-36(42-39)38(31)33)30-20-13-23-35-37(30)32-18-10-11-22-34(32)40(35,27-14-6-4-7-15-27)28-16-8-5-9-17-28;1-2-4-3/h3-25H,1-2H2,(H,41,42);2,4H,1H2. The Hall–Kier alpha value is -5.87. The lowest BCUT2D eigenvalue weighted by molar-refractivity contribution is 0.768. The van der Waals surface area contributed by atoms with Crippen LogP contribution in [0.2, 0.25) is 0 Å². The lowest BCUT2D eigenvalue weighted by Gasteiger charge is -2.34. The fraction of sp³-hybridized carbons (Fsp3) is 0.0238. The molecule has 1 aliphatic carbocycles. The number of nitrogens with zero attached hydrogens (tertiary/aromatic N) is 1. The number of hydrogen-bond donors (Lipinski definition) is 2. The van der Waals surface area contributed by atoms with Gasteiger partial charge in [0.25, 0.3) is 0 Å². The van der Waals surface area contributed by atoms with E-state index in [0.717, 1.165) is 28.2 Å². The summed E-state index contributed by atoms with van der Waals surface area (Å²) in [6, 6.07) is 48.5. The van der Waals surface area contributed by atoms with Crippen LogP contribution in [-0.4, -0.2) is 13.8 Å². The highest BCUT2D eigenvalue weighted by Crippen LogP contribution is 2.58. The molecule has 0 fully saturated rings. The van der Waals surface area contributed by atoms with Crippen molar-refractivity contribution in [3.05, 3.63) is 199 Å². The third kappa shape index (κ3) is 4.42. The van der Waals surface area contributed by atoms with Crippen molar-refractivity contribution in [3.63, 3.8) is 0 Å². The minimum absolute atomic E-state index is 0.426. The van der Waals surface area contributed by atoms with Gasteiger partial charge in [-0.2, -0.15) is 0 Å². The van der Waals surface area contributed by atoms with Crippen molar-refractivity contribution >= 4 is 30.3 Å². The summed E-state index contributed by atoms with van der Waals surface area (Å²) in [4.78, 5) is 4.93. The van der Waals surface area contributed by atoms with E-state index in [2.05, 4.69) is 172 Å².